The summed E-state index contributed by atoms with van der Waals surface area (Å²) >= 11 is 12.0. The topological polar surface area (TPSA) is 28.7 Å². The number of aromatic amines is 1. The van der Waals surface area contributed by atoms with Crippen molar-refractivity contribution in [3.05, 3.63) is 50.8 Å². The van der Waals surface area contributed by atoms with E-state index in [0.29, 0.717) is 16.0 Å². The third-order valence-corrected chi connectivity index (χ3v) is 3.39. The Kier molecular flexibility index (Phi) is 3.98. The lowest BCUT2D eigenvalue weighted by molar-refractivity contribution is 0.799. The molecule has 0 atom stereocenters. The van der Waals surface area contributed by atoms with Crippen molar-refractivity contribution in [3.63, 3.8) is 0 Å². The second-order valence-corrected chi connectivity index (χ2v) is 5.69. The van der Waals surface area contributed by atoms with E-state index in [1.165, 1.54) is 5.56 Å². The van der Waals surface area contributed by atoms with E-state index in [1.807, 2.05) is 19.1 Å². The summed E-state index contributed by atoms with van der Waals surface area (Å²) in [4.78, 5) is 0. The van der Waals surface area contributed by atoms with E-state index in [-0.39, 0.29) is 0 Å². The highest BCUT2D eigenvalue weighted by atomic mass is 35.5. The smallest absolute Gasteiger partial charge is 0.0685 e. The number of aromatic nitrogens is 2. The van der Waals surface area contributed by atoms with Crippen molar-refractivity contribution in [1.82, 2.24) is 10.2 Å². The van der Waals surface area contributed by atoms with Gasteiger partial charge < -0.3 is 0 Å². The predicted octanol–water partition coefficient (Wildman–Crippen LogP) is 4.74. The average molecular weight is 283 g/mol. The van der Waals surface area contributed by atoms with Gasteiger partial charge in [0.25, 0.3) is 0 Å². The molecule has 0 saturated heterocycles. The summed E-state index contributed by atoms with van der Waals surface area (Å²) < 4.78 is 0. The molecule has 0 aliphatic rings. The van der Waals surface area contributed by atoms with Crippen LogP contribution in [0.2, 0.25) is 10.0 Å². The average Bonchev–Trinajstić information content (AvgIpc) is 2.59. The van der Waals surface area contributed by atoms with Gasteiger partial charge in [0.15, 0.2) is 0 Å². The SMILES string of the molecule is Cc1[nH]nc(C(C)C)c1Cc1cc(Cl)cc(Cl)c1. The third kappa shape index (κ3) is 2.88. The van der Waals surface area contributed by atoms with E-state index in [2.05, 4.69) is 24.0 Å². The first kappa shape index (κ1) is 13.4. The minimum Gasteiger partial charge on any atom is -0.282 e. The van der Waals surface area contributed by atoms with E-state index in [9.17, 15) is 0 Å². The van der Waals surface area contributed by atoms with Gasteiger partial charge in [0, 0.05) is 27.7 Å². The van der Waals surface area contributed by atoms with Gasteiger partial charge in [-0.15, -0.1) is 0 Å². The molecular weight excluding hydrogens is 267 g/mol. The van der Waals surface area contributed by atoms with Crippen LogP contribution in [0.3, 0.4) is 0 Å². The van der Waals surface area contributed by atoms with Gasteiger partial charge in [-0.05, 0) is 36.6 Å². The van der Waals surface area contributed by atoms with Crippen LogP contribution < -0.4 is 0 Å². The summed E-state index contributed by atoms with van der Waals surface area (Å²) in [6.45, 7) is 6.33. The maximum absolute atomic E-state index is 6.02. The lowest BCUT2D eigenvalue weighted by Crippen LogP contribution is -1.97. The van der Waals surface area contributed by atoms with Crippen LogP contribution in [0.15, 0.2) is 18.2 Å². The molecule has 0 spiro atoms. The molecule has 1 aromatic carbocycles. The molecule has 2 nitrogen and oxygen atoms in total. The number of benzene rings is 1. The van der Waals surface area contributed by atoms with Gasteiger partial charge in [0.2, 0.25) is 0 Å². The van der Waals surface area contributed by atoms with E-state index < -0.39 is 0 Å². The Hall–Kier alpha value is -0.990. The van der Waals surface area contributed by atoms with Gasteiger partial charge in [0.05, 0.1) is 5.69 Å². The van der Waals surface area contributed by atoms with Crippen molar-refractivity contribution in [2.45, 2.75) is 33.1 Å². The van der Waals surface area contributed by atoms with Crippen LogP contribution in [0.25, 0.3) is 0 Å². The fourth-order valence-corrected chi connectivity index (χ4v) is 2.66. The van der Waals surface area contributed by atoms with E-state index in [4.69, 9.17) is 23.2 Å². The maximum Gasteiger partial charge on any atom is 0.0685 e. The van der Waals surface area contributed by atoms with Crippen LogP contribution in [0.1, 0.15) is 42.3 Å². The van der Waals surface area contributed by atoms with E-state index in [1.54, 1.807) is 6.07 Å². The number of rotatable bonds is 3. The van der Waals surface area contributed by atoms with Crippen molar-refractivity contribution < 1.29 is 0 Å². The Morgan fingerprint density at radius 3 is 2.33 bits per heavy atom. The highest BCUT2D eigenvalue weighted by Gasteiger charge is 2.14. The summed E-state index contributed by atoms with van der Waals surface area (Å²) in [5.74, 6) is 0.402. The minimum atomic E-state index is 0.402. The highest BCUT2D eigenvalue weighted by molar-refractivity contribution is 6.34. The second kappa shape index (κ2) is 5.33. The fraction of sp³-hybridized carbons (Fsp3) is 0.357. The predicted molar refractivity (Wildman–Crippen MR) is 76.7 cm³/mol. The van der Waals surface area contributed by atoms with Crippen molar-refractivity contribution in [2.24, 2.45) is 0 Å². The number of hydrogen-bond acceptors (Lipinski definition) is 1. The number of nitrogens with zero attached hydrogens (tertiary/aromatic N) is 1. The van der Waals surface area contributed by atoms with Crippen molar-refractivity contribution in [2.75, 3.05) is 0 Å². The lowest BCUT2D eigenvalue weighted by atomic mass is 9.98. The molecule has 2 rings (SSSR count). The van der Waals surface area contributed by atoms with Crippen molar-refractivity contribution in [1.29, 1.82) is 0 Å². The number of H-pyrrole nitrogens is 1. The molecule has 0 fully saturated rings. The molecule has 4 heteroatoms. The fourth-order valence-electron chi connectivity index (χ4n) is 2.09. The van der Waals surface area contributed by atoms with Gasteiger partial charge in [-0.2, -0.15) is 5.10 Å². The number of hydrogen-bond donors (Lipinski definition) is 1. The molecule has 0 aliphatic carbocycles. The largest absolute Gasteiger partial charge is 0.282 e. The van der Waals surface area contributed by atoms with Crippen molar-refractivity contribution in [3.8, 4) is 0 Å². The Labute approximate surface area is 117 Å². The molecule has 96 valence electrons. The van der Waals surface area contributed by atoms with Gasteiger partial charge in [-0.1, -0.05) is 37.0 Å². The summed E-state index contributed by atoms with van der Waals surface area (Å²) in [5.41, 5.74) is 4.57. The molecule has 1 N–H and O–H groups in total. The molecule has 0 radical (unpaired) electrons. The summed E-state index contributed by atoms with van der Waals surface area (Å²) in [6, 6.07) is 5.64. The first-order valence-corrected chi connectivity index (χ1v) is 6.71. The standard InChI is InChI=1S/C14H16Cl2N2/c1-8(2)14-13(9(3)17-18-14)6-10-4-11(15)7-12(16)5-10/h4-5,7-8H,6H2,1-3H3,(H,17,18). The molecule has 0 amide bonds. The summed E-state index contributed by atoms with van der Waals surface area (Å²) in [7, 11) is 0. The number of aryl methyl sites for hydroxylation is 1. The zero-order valence-corrected chi connectivity index (χ0v) is 12.2. The van der Waals surface area contributed by atoms with Crippen LogP contribution in [-0.4, -0.2) is 10.2 Å². The minimum absolute atomic E-state index is 0.402. The zero-order valence-electron chi connectivity index (χ0n) is 10.7. The normalized spacial score (nSPS) is 11.2. The van der Waals surface area contributed by atoms with Gasteiger partial charge >= 0.3 is 0 Å². The van der Waals surface area contributed by atoms with Crippen molar-refractivity contribution >= 4 is 23.2 Å². The van der Waals surface area contributed by atoms with Crippen LogP contribution >= 0.6 is 23.2 Å². The summed E-state index contributed by atoms with van der Waals surface area (Å²) in [6.07, 6.45) is 0.802. The quantitative estimate of drug-likeness (QED) is 0.866. The third-order valence-electron chi connectivity index (χ3n) is 2.96. The van der Waals surface area contributed by atoms with Crippen LogP contribution in [-0.2, 0) is 6.42 Å². The first-order valence-electron chi connectivity index (χ1n) is 5.96. The Balaban J connectivity index is 2.36. The molecule has 0 unspecified atom stereocenters. The Morgan fingerprint density at radius 1 is 1.17 bits per heavy atom. The van der Waals surface area contributed by atoms with Gasteiger partial charge in [-0.3, -0.25) is 5.10 Å². The lowest BCUT2D eigenvalue weighted by Gasteiger charge is -2.07. The highest BCUT2D eigenvalue weighted by Crippen LogP contribution is 2.25. The molecule has 0 bridgehead atoms. The van der Waals surface area contributed by atoms with Crippen LogP contribution in [0.4, 0.5) is 0 Å². The molecular formula is C14H16Cl2N2. The Morgan fingerprint density at radius 2 is 1.78 bits per heavy atom. The van der Waals surface area contributed by atoms with E-state index in [0.717, 1.165) is 23.4 Å². The Bertz CT molecular complexity index is 539. The molecule has 1 aromatic heterocycles. The van der Waals surface area contributed by atoms with Gasteiger partial charge in [0.1, 0.15) is 0 Å². The van der Waals surface area contributed by atoms with Crippen LogP contribution in [0, 0.1) is 6.92 Å². The zero-order chi connectivity index (χ0) is 13.3. The van der Waals surface area contributed by atoms with E-state index >= 15 is 0 Å². The molecule has 0 saturated carbocycles. The van der Waals surface area contributed by atoms with Gasteiger partial charge in [-0.25, -0.2) is 0 Å². The monoisotopic (exact) mass is 282 g/mol. The second-order valence-electron chi connectivity index (χ2n) is 4.82. The summed E-state index contributed by atoms with van der Waals surface area (Å²) in [5, 5.41) is 8.76. The molecule has 18 heavy (non-hydrogen) atoms. The molecule has 1 heterocycles. The van der Waals surface area contributed by atoms with Crippen LogP contribution in [0.5, 0.6) is 0 Å². The molecule has 2 aromatic rings. The maximum atomic E-state index is 6.02. The first-order chi connectivity index (χ1) is 8.47. The number of nitrogens with one attached hydrogen (secondary N) is 1. The molecule has 0 aliphatic heterocycles. The number of halogens is 2.